The van der Waals surface area contributed by atoms with Gasteiger partial charge in [0.25, 0.3) is 5.91 Å². The van der Waals surface area contributed by atoms with E-state index in [1.165, 1.54) is 12.8 Å². The first-order valence-corrected chi connectivity index (χ1v) is 19.2. The molecule has 1 aromatic carbocycles. The number of hydrogen-bond acceptors (Lipinski definition) is 9. The van der Waals surface area contributed by atoms with Gasteiger partial charge >= 0.3 is 6.09 Å². The fourth-order valence-electron chi connectivity index (χ4n) is 8.79. The highest BCUT2D eigenvalue weighted by atomic mass is 35.5. The number of hydrogen-bond donors (Lipinski definition) is 1. The lowest BCUT2D eigenvalue weighted by Gasteiger charge is -2.47. The van der Waals surface area contributed by atoms with E-state index in [0.717, 1.165) is 103 Å². The molecule has 12 nitrogen and oxygen atoms in total. The summed E-state index contributed by atoms with van der Waals surface area (Å²) in [6, 6.07) is 8.20. The van der Waals surface area contributed by atoms with Crippen molar-refractivity contribution < 1.29 is 19.1 Å². The van der Waals surface area contributed by atoms with E-state index < -0.39 is 5.60 Å². The van der Waals surface area contributed by atoms with Crippen LogP contribution >= 0.6 is 11.6 Å². The molecule has 0 saturated carbocycles. The SMILES string of the molecule is CC(C)(C)OC(=O)N1CCC2(CCN(CC3CCN(c4ccc(NC(=O)c5cnn6ccc(N7C[C@H]8C[C@@H]7CO8)nc56)c(Cl)c4)CC3)CC2)CC1. The molecule has 5 saturated heterocycles. The second-order valence-corrected chi connectivity index (χ2v) is 16.8. The van der Waals surface area contributed by atoms with Gasteiger partial charge in [-0.25, -0.2) is 14.3 Å². The Morgan fingerprint density at radius 1 is 1.04 bits per heavy atom. The minimum Gasteiger partial charge on any atom is -0.444 e. The van der Waals surface area contributed by atoms with Gasteiger partial charge < -0.3 is 34.4 Å². The molecule has 7 heterocycles. The number of fused-ring (bicyclic) bond motifs is 3. The summed E-state index contributed by atoms with van der Waals surface area (Å²) < 4.78 is 13.0. The normalized spacial score (nSPS) is 24.1. The highest BCUT2D eigenvalue weighted by molar-refractivity contribution is 6.34. The van der Waals surface area contributed by atoms with E-state index in [0.29, 0.717) is 39.3 Å². The minimum absolute atomic E-state index is 0.169. The van der Waals surface area contributed by atoms with Crippen LogP contribution in [0.15, 0.2) is 36.7 Å². The Morgan fingerprint density at radius 3 is 2.45 bits per heavy atom. The molecule has 2 atom stereocenters. The molecule has 0 unspecified atom stereocenters. The van der Waals surface area contributed by atoms with Gasteiger partial charge in [0.2, 0.25) is 0 Å². The number of piperidine rings is 3. The number of halogens is 1. The van der Waals surface area contributed by atoms with Crippen LogP contribution in [0.5, 0.6) is 0 Å². The molecular weight excluding hydrogens is 668 g/mol. The van der Waals surface area contributed by atoms with Crippen LogP contribution in [0.25, 0.3) is 5.65 Å². The predicted molar refractivity (Wildman–Crippen MR) is 198 cm³/mol. The van der Waals surface area contributed by atoms with E-state index in [2.05, 4.69) is 31.2 Å². The Labute approximate surface area is 305 Å². The fraction of sp³-hybridized carbons (Fsp3) is 0.632. The van der Waals surface area contributed by atoms with Crippen molar-refractivity contribution in [1.29, 1.82) is 0 Å². The van der Waals surface area contributed by atoms with E-state index in [-0.39, 0.29) is 18.1 Å². The number of carbonyl (C=O) groups is 2. The van der Waals surface area contributed by atoms with E-state index in [1.807, 2.05) is 50.1 Å². The van der Waals surface area contributed by atoms with Crippen molar-refractivity contribution in [2.75, 3.05) is 74.1 Å². The van der Waals surface area contributed by atoms with Crippen LogP contribution in [0.3, 0.4) is 0 Å². The summed E-state index contributed by atoms with van der Waals surface area (Å²) in [4.78, 5) is 40.0. The molecule has 13 heteroatoms. The van der Waals surface area contributed by atoms with Gasteiger partial charge in [0.05, 0.1) is 35.7 Å². The molecule has 1 N–H and O–H groups in total. The number of morpholine rings is 1. The molecule has 51 heavy (non-hydrogen) atoms. The van der Waals surface area contributed by atoms with Gasteiger partial charge in [0.1, 0.15) is 17.0 Å². The number of amides is 2. The van der Waals surface area contributed by atoms with Crippen molar-refractivity contribution >= 4 is 46.4 Å². The summed E-state index contributed by atoms with van der Waals surface area (Å²) >= 11 is 6.76. The largest absolute Gasteiger partial charge is 0.444 e. The van der Waals surface area contributed by atoms with Gasteiger partial charge in [-0.1, -0.05) is 11.6 Å². The number of nitrogens with zero attached hydrogens (tertiary/aromatic N) is 7. The Hall–Kier alpha value is -3.61. The maximum absolute atomic E-state index is 13.4. The Balaban J connectivity index is 0.804. The molecule has 1 spiro atoms. The van der Waals surface area contributed by atoms with Crippen molar-refractivity contribution in [3.63, 3.8) is 0 Å². The predicted octanol–water partition coefficient (Wildman–Crippen LogP) is 5.94. The van der Waals surface area contributed by atoms with Gasteiger partial charge in [-0.3, -0.25) is 4.79 Å². The zero-order valence-corrected chi connectivity index (χ0v) is 30.9. The highest BCUT2D eigenvalue weighted by Crippen LogP contribution is 2.42. The first kappa shape index (κ1) is 34.5. The average Bonchev–Trinajstić information content (AvgIpc) is 3.87. The van der Waals surface area contributed by atoms with Crippen molar-refractivity contribution in [1.82, 2.24) is 24.4 Å². The number of rotatable bonds is 6. The lowest BCUT2D eigenvalue weighted by Crippen LogP contribution is -2.50. The molecule has 3 aromatic rings. The Kier molecular flexibility index (Phi) is 9.29. The lowest BCUT2D eigenvalue weighted by molar-refractivity contribution is -0.00397. The zero-order valence-electron chi connectivity index (χ0n) is 30.2. The van der Waals surface area contributed by atoms with Crippen LogP contribution in [0.4, 0.5) is 22.0 Å². The summed E-state index contributed by atoms with van der Waals surface area (Å²) in [5.74, 6) is 1.25. The molecule has 0 aliphatic carbocycles. The second kappa shape index (κ2) is 13.7. The zero-order chi connectivity index (χ0) is 35.3. The molecule has 0 radical (unpaired) electrons. The third-order valence-electron chi connectivity index (χ3n) is 11.9. The van der Waals surface area contributed by atoms with Gasteiger partial charge in [-0.15, -0.1) is 0 Å². The first-order chi connectivity index (χ1) is 24.5. The van der Waals surface area contributed by atoms with Crippen molar-refractivity contribution in [2.45, 2.75) is 83.5 Å². The fourth-order valence-corrected chi connectivity index (χ4v) is 9.01. The van der Waals surface area contributed by atoms with Crippen molar-refractivity contribution in [3.05, 3.63) is 47.2 Å². The first-order valence-electron chi connectivity index (χ1n) is 18.8. The Bertz CT molecular complexity index is 1750. The summed E-state index contributed by atoms with van der Waals surface area (Å²) in [6.45, 7) is 14.4. The molecule has 5 aliphatic rings. The number of aromatic nitrogens is 3. The molecule has 5 fully saturated rings. The van der Waals surface area contributed by atoms with Crippen molar-refractivity contribution in [2.24, 2.45) is 11.3 Å². The lowest BCUT2D eigenvalue weighted by atomic mass is 9.71. The topological polar surface area (TPSA) is 108 Å². The molecule has 2 bridgehead atoms. The molecule has 8 rings (SSSR count). The molecule has 274 valence electrons. The quantitative estimate of drug-likeness (QED) is 0.331. The maximum Gasteiger partial charge on any atom is 0.410 e. The Morgan fingerprint density at radius 2 is 1.78 bits per heavy atom. The van der Waals surface area contributed by atoms with Crippen LogP contribution < -0.4 is 15.1 Å². The number of carbonyl (C=O) groups excluding carboxylic acids is 2. The van der Waals surface area contributed by atoms with Crippen LogP contribution in [0, 0.1) is 11.3 Å². The monoisotopic (exact) mass is 718 g/mol. The van der Waals surface area contributed by atoms with Crippen LogP contribution in [-0.4, -0.2) is 113 Å². The summed E-state index contributed by atoms with van der Waals surface area (Å²) in [7, 11) is 0. The summed E-state index contributed by atoms with van der Waals surface area (Å²) in [6.07, 6.45) is 11.4. The third-order valence-corrected chi connectivity index (χ3v) is 12.2. The third kappa shape index (κ3) is 7.37. The molecule has 2 aromatic heterocycles. The van der Waals surface area contributed by atoms with Gasteiger partial charge in [-0.2, -0.15) is 5.10 Å². The number of nitrogens with one attached hydrogen (secondary N) is 1. The van der Waals surface area contributed by atoms with E-state index >= 15 is 0 Å². The average molecular weight is 719 g/mol. The smallest absolute Gasteiger partial charge is 0.410 e. The van der Waals surface area contributed by atoms with Gasteiger partial charge in [-0.05, 0) is 114 Å². The van der Waals surface area contributed by atoms with E-state index in [1.54, 1.807) is 10.7 Å². The number of anilines is 3. The van der Waals surface area contributed by atoms with Gasteiger partial charge in [0, 0.05) is 51.2 Å². The number of ether oxygens (including phenoxy) is 2. The van der Waals surface area contributed by atoms with Crippen molar-refractivity contribution in [3.8, 4) is 0 Å². The van der Waals surface area contributed by atoms with Crippen LogP contribution in [0.2, 0.25) is 5.02 Å². The minimum atomic E-state index is -0.448. The second-order valence-electron chi connectivity index (χ2n) is 16.4. The summed E-state index contributed by atoms with van der Waals surface area (Å²) in [5, 5.41) is 7.88. The van der Waals surface area contributed by atoms with Crippen LogP contribution in [0.1, 0.15) is 76.1 Å². The highest BCUT2D eigenvalue weighted by Gasteiger charge is 2.41. The van der Waals surface area contributed by atoms with E-state index in [4.69, 9.17) is 26.1 Å². The number of likely N-dealkylation sites (tertiary alicyclic amines) is 2. The standard InChI is InChI=1S/C38H51ClN8O4/c1-37(2,3)51-36(49)45-18-11-38(12-19-45)9-16-43(17-10-38)23-26-6-13-44(14-7-26)27-4-5-32(31(39)21-27)41-35(48)30-22-40-47-15-8-33(42-34(30)47)46-24-29-20-28(46)25-50-29/h4-5,8,15,21-22,26,28-29H,6-7,9-14,16-20,23-25H2,1-3H3,(H,41,48)/t28-,29-/m1/s1. The molecule has 5 aliphatic heterocycles. The van der Waals surface area contributed by atoms with Gasteiger partial charge in [0.15, 0.2) is 5.65 Å². The summed E-state index contributed by atoms with van der Waals surface area (Å²) in [5.41, 5.74) is 2.51. The number of benzene rings is 1. The molecule has 2 amide bonds. The van der Waals surface area contributed by atoms with Crippen LogP contribution in [-0.2, 0) is 9.47 Å². The van der Waals surface area contributed by atoms with E-state index in [9.17, 15) is 9.59 Å². The maximum atomic E-state index is 13.4. The molecular formula is C38H51ClN8O4.